The molecule has 0 fully saturated rings. The van der Waals surface area contributed by atoms with E-state index in [4.69, 9.17) is 4.74 Å². The van der Waals surface area contributed by atoms with Crippen LogP contribution in [0.1, 0.15) is 11.1 Å². The average Bonchev–Trinajstić information content (AvgIpc) is 2.74. The van der Waals surface area contributed by atoms with Gasteiger partial charge in [-0.05, 0) is 35.6 Å². The van der Waals surface area contributed by atoms with Gasteiger partial charge in [-0.1, -0.05) is 12.1 Å². The Morgan fingerprint density at radius 2 is 2.19 bits per heavy atom. The highest BCUT2D eigenvalue weighted by Gasteiger charge is 2.12. The molecule has 16 heavy (non-hydrogen) atoms. The number of hydrogen-bond acceptors (Lipinski definition) is 3. The molecule has 0 aliphatic heterocycles. The monoisotopic (exact) mass is 234 g/mol. The minimum absolute atomic E-state index is 0.0312. The molecule has 0 bridgehead atoms. The van der Waals surface area contributed by atoms with Crippen molar-refractivity contribution in [2.75, 3.05) is 7.11 Å². The van der Waals surface area contributed by atoms with E-state index >= 15 is 0 Å². The molecule has 2 aromatic rings. The number of aryl methyl sites for hydroxylation is 1. The van der Waals surface area contributed by atoms with Gasteiger partial charge in [0.2, 0.25) is 0 Å². The van der Waals surface area contributed by atoms with Crippen molar-refractivity contribution in [3.8, 4) is 16.2 Å². The smallest absolute Gasteiger partial charge is 0.127 e. The SMILES string of the molecule is COc1cccc(CO)c1-c1cc(C)cs1. The molecule has 0 amide bonds. The fraction of sp³-hybridized carbons (Fsp3) is 0.231. The molecule has 84 valence electrons. The van der Waals surface area contributed by atoms with E-state index in [0.717, 1.165) is 21.8 Å². The Morgan fingerprint density at radius 1 is 1.38 bits per heavy atom. The summed E-state index contributed by atoms with van der Waals surface area (Å²) in [5.41, 5.74) is 3.14. The predicted molar refractivity (Wildman–Crippen MR) is 67.0 cm³/mol. The van der Waals surface area contributed by atoms with Gasteiger partial charge in [0, 0.05) is 10.4 Å². The molecule has 0 aliphatic carbocycles. The van der Waals surface area contributed by atoms with Crippen molar-refractivity contribution in [1.29, 1.82) is 0 Å². The number of thiophene rings is 1. The van der Waals surface area contributed by atoms with E-state index in [2.05, 4.69) is 18.4 Å². The second kappa shape index (κ2) is 4.68. The second-order valence-corrected chi connectivity index (χ2v) is 4.55. The van der Waals surface area contributed by atoms with Crippen molar-refractivity contribution in [3.63, 3.8) is 0 Å². The van der Waals surface area contributed by atoms with Crippen LogP contribution in [0.2, 0.25) is 0 Å². The van der Waals surface area contributed by atoms with Gasteiger partial charge in [0.25, 0.3) is 0 Å². The second-order valence-electron chi connectivity index (χ2n) is 3.64. The van der Waals surface area contributed by atoms with Gasteiger partial charge in [0.1, 0.15) is 5.75 Å². The summed E-state index contributed by atoms with van der Waals surface area (Å²) in [6, 6.07) is 7.85. The summed E-state index contributed by atoms with van der Waals surface area (Å²) in [6.07, 6.45) is 0. The molecular formula is C13H14O2S. The Labute approximate surface area is 99.1 Å². The van der Waals surface area contributed by atoms with E-state index in [-0.39, 0.29) is 6.61 Å². The average molecular weight is 234 g/mol. The van der Waals surface area contributed by atoms with Crippen molar-refractivity contribution in [3.05, 3.63) is 40.8 Å². The molecule has 0 atom stereocenters. The maximum Gasteiger partial charge on any atom is 0.127 e. The maximum absolute atomic E-state index is 9.36. The highest BCUT2D eigenvalue weighted by atomic mass is 32.1. The van der Waals surface area contributed by atoms with Crippen LogP contribution in [0, 0.1) is 6.92 Å². The molecule has 0 saturated carbocycles. The molecular weight excluding hydrogens is 220 g/mol. The molecule has 0 aliphatic rings. The fourth-order valence-electron chi connectivity index (χ4n) is 1.72. The largest absolute Gasteiger partial charge is 0.496 e. The number of aliphatic hydroxyl groups excluding tert-OH is 1. The van der Waals surface area contributed by atoms with Crippen molar-refractivity contribution in [2.24, 2.45) is 0 Å². The molecule has 0 unspecified atom stereocenters. The molecule has 0 spiro atoms. The molecule has 1 heterocycles. The van der Waals surface area contributed by atoms with E-state index in [1.807, 2.05) is 18.2 Å². The Kier molecular flexibility index (Phi) is 3.27. The Balaban J connectivity index is 2.60. The van der Waals surface area contributed by atoms with Crippen LogP contribution in [-0.4, -0.2) is 12.2 Å². The Morgan fingerprint density at radius 3 is 2.75 bits per heavy atom. The maximum atomic E-state index is 9.36. The van der Waals surface area contributed by atoms with Gasteiger partial charge >= 0.3 is 0 Å². The zero-order valence-corrected chi connectivity index (χ0v) is 10.2. The van der Waals surface area contributed by atoms with E-state index in [1.165, 1.54) is 5.56 Å². The van der Waals surface area contributed by atoms with Crippen LogP contribution < -0.4 is 4.74 Å². The number of methoxy groups -OCH3 is 1. The predicted octanol–water partition coefficient (Wildman–Crippen LogP) is 3.22. The third-order valence-corrected chi connectivity index (χ3v) is 3.55. The van der Waals surface area contributed by atoms with E-state index in [0.29, 0.717) is 0 Å². The topological polar surface area (TPSA) is 29.5 Å². The number of benzene rings is 1. The van der Waals surface area contributed by atoms with Crippen LogP contribution in [0.5, 0.6) is 5.75 Å². The van der Waals surface area contributed by atoms with E-state index in [1.54, 1.807) is 18.4 Å². The van der Waals surface area contributed by atoms with Gasteiger partial charge in [-0.3, -0.25) is 0 Å². The first-order chi connectivity index (χ1) is 7.76. The van der Waals surface area contributed by atoms with Crippen LogP contribution in [-0.2, 0) is 6.61 Å². The van der Waals surface area contributed by atoms with Gasteiger partial charge in [-0.15, -0.1) is 11.3 Å². The molecule has 0 radical (unpaired) electrons. The van der Waals surface area contributed by atoms with Crippen LogP contribution in [0.25, 0.3) is 10.4 Å². The fourth-order valence-corrected chi connectivity index (χ4v) is 2.70. The summed E-state index contributed by atoms with van der Waals surface area (Å²) in [5, 5.41) is 11.5. The van der Waals surface area contributed by atoms with Gasteiger partial charge in [0.15, 0.2) is 0 Å². The van der Waals surface area contributed by atoms with Crippen LogP contribution in [0.15, 0.2) is 29.6 Å². The third-order valence-electron chi connectivity index (χ3n) is 2.48. The number of ether oxygens (including phenoxy) is 1. The summed E-state index contributed by atoms with van der Waals surface area (Å²) in [4.78, 5) is 1.14. The van der Waals surface area contributed by atoms with E-state index in [9.17, 15) is 5.11 Å². The van der Waals surface area contributed by atoms with Crippen molar-refractivity contribution in [1.82, 2.24) is 0 Å². The minimum atomic E-state index is 0.0312. The summed E-state index contributed by atoms with van der Waals surface area (Å²) >= 11 is 1.67. The lowest BCUT2D eigenvalue weighted by Gasteiger charge is -2.10. The summed E-state index contributed by atoms with van der Waals surface area (Å²) in [5.74, 6) is 0.813. The van der Waals surface area contributed by atoms with Crippen LogP contribution >= 0.6 is 11.3 Å². The number of hydrogen-bond donors (Lipinski definition) is 1. The zero-order valence-electron chi connectivity index (χ0n) is 9.36. The lowest BCUT2D eigenvalue weighted by molar-refractivity contribution is 0.281. The molecule has 0 saturated heterocycles. The molecule has 3 heteroatoms. The molecule has 1 N–H and O–H groups in total. The van der Waals surface area contributed by atoms with Gasteiger partial charge < -0.3 is 9.84 Å². The van der Waals surface area contributed by atoms with Crippen molar-refractivity contribution < 1.29 is 9.84 Å². The highest BCUT2D eigenvalue weighted by Crippen LogP contribution is 2.37. The summed E-state index contributed by atoms with van der Waals surface area (Å²) in [7, 11) is 1.65. The third kappa shape index (κ3) is 1.96. The Hall–Kier alpha value is -1.32. The molecule has 1 aromatic heterocycles. The van der Waals surface area contributed by atoms with Crippen LogP contribution in [0.3, 0.4) is 0 Å². The van der Waals surface area contributed by atoms with E-state index < -0.39 is 0 Å². The highest BCUT2D eigenvalue weighted by molar-refractivity contribution is 7.13. The lowest BCUT2D eigenvalue weighted by atomic mass is 10.0. The van der Waals surface area contributed by atoms with Crippen LogP contribution in [0.4, 0.5) is 0 Å². The van der Waals surface area contributed by atoms with Gasteiger partial charge in [0.05, 0.1) is 13.7 Å². The molecule has 1 aromatic carbocycles. The first-order valence-electron chi connectivity index (χ1n) is 5.08. The van der Waals surface area contributed by atoms with Gasteiger partial charge in [-0.25, -0.2) is 0 Å². The number of rotatable bonds is 3. The van der Waals surface area contributed by atoms with Crippen molar-refractivity contribution in [2.45, 2.75) is 13.5 Å². The normalized spacial score (nSPS) is 10.4. The quantitative estimate of drug-likeness (QED) is 0.883. The first-order valence-corrected chi connectivity index (χ1v) is 5.96. The van der Waals surface area contributed by atoms with Gasteiger partial charge in [-0.2, -0.15) is 0 Å². The summed E-state index contributed by atoms with van der Waals surface area (Å²) in [6.45, 7) is 2.09. The van der Waals surface area contributed by atoms with Crippen molar-refractivity contribution >= 4 is 11.3 Å². The first kappa shape index (κ1) is 11.2. The summed E-state index contributed by atoms with van der Waals surface area (Å²) < 4.78 is 5.35. The number of aliphatic hydroxyl groups is 1. The standard InChI is InChI=1S/C13H14O2S/c1-9-6-12(16-8-9)13-10(7-14)4-3-5-11(13)15-2/h3-6,8,14H,7H2,1-2H3. The minimum Gasteiger partial charge on any atom is -0.496 e. The zero-order chi connectivity index (χ0) is 11.5. The molecule has 2 rings (SSSR count). The Bertz CT molecular complexity index is 466. The molecule has 2 nitrogen and oxygen atoms in total. The lowest BCUT2D eigenvalue weighted by Crippen LogP contribution is -1.92.